The molecule has 0 spiro atoms. The van der Waals surface area contributed by atoms with Crippen LogP contribution in [0.5, 0.6) is 0 Å². The lowest BCUT2D eigenvalue weighted by atomic mass is 9.77. The van der Waals surface area contributed by atoms with E-state index in [1.54, 1.807) is 16.7 Å². The summed E-state index contributed by atoms with van der Waals surface area (Å²) < 4.78 is 0. The van der Waals surface area contributed by atoms with Crippen LogP contribution < -0.4 is 0 Å². The third-order valence-corrected chi connectivity index (χ3v) is 13.6. The summed E-state index contributed by atoms with van der Waals surface area (Å²) in [6.45, 7) is 14.5. The molecule has 3 aliphatic carbocycles. The first kappa shape index (κ1) is 27.6. The van der Waals surface area contributed by atoms with Crippen molar-refractivity contribution in [2.45, 2.75) is 146 Å². The molecule has 0 N–H and O–H groups in total. The molecule has 2 fully saturated rings. The van der Waals surface area contributed by atoms with Gasteiger partial charge in [0.1, 0.15) is 0 Å². The monoisotopic (exact) mass is 510 g/mol. The third-order valence-electron chi connectivity index (χ3n) is 8.85. The van der Waals surface area contributed by atoms with E-state index in [0.29, 0.717) is 28.6 Å². The van der Waals surface area contributed by atoms with E-state index in [2.05, 4.69) is 78.0 Å². The third kappa shape index (κ3) is 6.53. The van der Waals surface area contributed by atoms with Crippen LogP contribution in [0.15, 0.2) is 36.4 Å². The van der Waals surface area contributed by atoms with Crippen molar-refractivity contribution in [3.05, 3.63) is 58.7 Å². The molecule has 1 aromatic carbocycles. The second kappa shape index (κ2) is 12.4. The molecule has 3 unspecified atom stereocenters. The SMILES string of the molecule is CC(C)c1cc(C(C)C)c(C2C=CC=CC2(PC2CCCCC2)PC2CCCCC2)c(C(C)C)c1. The van der Waals surface area contributed by atoms with Crippen molar-refractivity contribution in [1.29, 1.82) is 0 Å². The predicted octanol–water partition coefficient (Wildman–Crippen LogP) is 11.0. The van der Waals surface area contributed by atoms with Crippen LogP contribution in [0.4, 0.5) is 0 Å². The van der Waals surface area contributed by atoms with Crippen LogP contribution in [0.2, 0.25) is 0 Å². The standard InChI is InChI=1S/C33H52P2/c1-23(2)26-21-29(24(3)4)32(30(22-26)25(5)6)31-19-13-14-20-33(31,34-27-15-9-7-10-16-27)35-28-17-11-8-12-18-28/h13-14,19-25,27-28,31,34-35H,7-12,15-18H2,1-6H3. The first-order valence-electron chi connectivity index (χ1n) is 14.9. The van der Waals surface area contributed by atoms with Crippen molar-refractivity contribution >= 4 is 17.2 Å². The molecule has 0 heterocycles. The zero-order valence-corrected chi connectivity index (χ0v) is 25.5. The number of hydrogen-bond donors (Lipinski definition) is 0. The molecule has 3 aliphatic rings. The maximum absolute atomic E-state index is 2.74. The number of benzene rings is 1. The van der Waals surface area contributed by atoms with E-state index in [4.69, 9.17) is 0 Å². The molecular weight excluding hydrogens is 458 g/mol. The van der Waals surface area contributed by atoms with Crippen LogP contribution in [0.1, 0.15) is 152 Å². The van der Waals surface area contributed by atoms with E-state index in [0.717, 1.165) is 28.5 Å². The average Bonchev–Trinajstić information content (AvgIpc) is 2.84. The summed E-state index contributed by atoms with van der Waals surface area (Å²) in [5.41, 5.74) is 8.40. The van der Waals surface area contributed by atoms with Gasteiger partial charge in [-0.2, -0.15) is 0 Å². The summed E-state index contributed by atoms with van der Waals surface area (Å²) >= 11 is 0. The van der Waals surface area contributed by atoms with Crippen LogP contribution in [-0.4, -0.2) is 16.2 Å². The Bertz CT molecular complexity index is 829. The average molecular weight is 511 g/mol. The number of rotatable bonds is 8. The Balaban J connectivity index is 1.84. The minimum Gasteiger partial charge on any atom is -0.103 e. The quantitative estimate of drug-likeness (QED) is 0.305. The van der Waals surface area contributed by atoms with Crippen molar-refractivity contribution in [3.8, 4) is 0 Å². The molecule has 0 radical (unpaired) electrons. The highest BCUT2D eigenvalue weighted by atomic mass is 31.1. The second-order valence-corrected chi connectivity index (χ2v) is 17.0. The van der Waals surface area contributed by atoms with Gasteiger partial charge in [0.15, 0.2) is 0 Å². The van der Waals surface area contributed by atoms with Gasteiger partial charge < -0.3 is 0 Å². The lowest BCUT2D eigenvalue weighted by Gasteiger charge is -2.46. The normalized spacial score (nSPS) is 27.1. The zero-order valence-electron chi connectivity index (χ0n) is 23.5. The maximum atomic E-state index is 2.74. The van der Waals surface area contributed by atoms with E-state index in [1.807, 2.05) is 0 Å². The molecule has 0 saturated heterocycles. The van der Waals surface area contributed by atoms with Gasteiger partial charge in [-0.1, -0.05) is 117 Å². The van der Waals surface area contributed by atoms with Gasteiger partial charge in [0.25, 0.3) is 0 Å². The highest BCUT2D eigenvalue weighted by Crippen LogP contribution is 2.64. The smallest absolute Gasteiger partial charge is 0.0336 e. The fourth-order valence-electron chi connectivity index (χ4n) is 6.82. The summed E-state index contributed by atoms with van der Waals surface area (Å²) in [6, 6.07) is 5.20. The summed E-state index contributed by atoms with van der Waals surface area (Å²) in [5, 5.41) is 0. The van der Waals surface area contributed by atoms with Crippen LogP contribution in [-0.2, 0) is 0 Å². The molecule has 3 atom stereocenters. The molecule has 0 aliphatic heterocycles. The van der Waals surface area contributed by atoms with Gasteiger partial charge in [-0.05, 0) is 77.0 Å². The maximum Gasteiger partial charge on any atom is 0.0336 e. The number of hydrogen-bond acceptors (Lipinski definition) is 0. The van der Waals surface area contributed by atoms with Gasteiger partial charge >= 0.3 is 0 Å². The fraction of sp³-hybridized carbons (Fsp3) is 0.697. The Kier molecular flexibility index (Phi) is 9.78. The highest BCUT2D eigenvalue weighted by Gasteiger charge is 2.43. The summed E-state index contributed by atoms with van der Waals surface area (Å²) in [4.78, 5) is 0.339. The second-order valence-electron chi connectivity index (χ2n) is 12.6. The first-order chi connectivity index (χ1) is 16.8. The fourth-order valence-corrected chi connectivity index (χ4v) is 12.3. The van der Waals surface area contributed by atoms with E-state index in [1.165, 1.54) is 69.8 Å². The first-order valence-corrected chi connectivity index (χ1v) is 17.0. The minimum absolute atomic E-state index is 0.339. The van der Waals surface area contributed by atoms with Crippen molar-refractivity contribution < 1.29 is 0 Å². The van der Waals surface area contributed by atoms with E-state index in [-0.39, 0.29) is 0 Å². The molecule has 1 aromatic rings. The van der Waals surface area contributed by atoms with Crippen molar-refractivity contribution in [2.24, 2.45) is 0 Å². The Labute approximate surface area is 221 Å². The number of allylic oxidation sites excluding steroid dienone is 4. The lowest BCUT2D eigenvalue weighted by molar-refractivity contribution is 0.506. The molecule has 0 nitrogen and oxygen atoms in total. The molecule has 0 aromatic heterocycles. The summed E-state index contributed by atoms with van der Waals surface area (Å²) in [7, 11) is 2.16. The van der Waals surface area contributed by atoms with Crippen LogP contribution >= 0.6 is 17.2 Å². The van der Waals surface area contributed by atoms with Crippen molar-refractivity contribution in [1.82, 2.24) is 0 Å². The van der Waals surface area contributed by atoms with E-state index >= 15 is 0 Å². The summed E-state index contributed by atoms with van der Waals surface area (Å²) in [6.07, 6.45) is 24.9. The molecular formula is C33H52P2. The van der Waals surface area contributed by atoms with Crippen molar-refractivity contribution in [2.75, 3.05) is 0 Å². The molecule has 2 saturated carbocycles. The van der Waals surface area contributed by atoms with Gasteiger partial charge in [0.2, 0.25) is 0 Å². The molecule has 194 valence electrons. The van der Waals surface area contributed by atoms with Crippen LogP contribution in [0.25, 0.3) is 0 Å². The summed E-state index contributed by atoms with van der Waals surface area (Å²) in [5.74, 6) is 2.26. The Hall–Kier alpha value is -0.440. The highest BCUT2D eigenvalue weighted by molar-refractivity contribution is 7.60. The van der Waals surface area contributed by atoms with Gasteiger partial charge in [0.05, 0.1) is 0 Å². The van der Waals surface area contributed by atoms with Gasteiger partial charge in [-0.3, -0.25) is 0 Å². The minimum atomic E-state index is 0.339. The van der Waals surface area contributed by atoms with E-state index < -0.39 is 0 Å². The molecule has 0 amide bonds. The van der Waals surface area contributed by atoms with Gasteiger partial charge in [0, 0.05) is 10.8 Å². The molecule has 35 heavy (non-hydrogen) atoms. The van der Waals surface area contributed by atoms with Gasteiger partial charge in [-0.25, -0.2) is 0 Å². The largest absolute Gasteiger partial charge is 0.103 e. The zero-order chi connectivity index (χ0) is 25.0. The Morgan fingerprint density at radius 2 is 1.14 bits per heavy atom. The van der Waals surface area contributed by atoms with Gasteiger partial charge in [-0.15, -0.1) is 17.2 Å². The Morgan fingerprint density at radius 3 is 1.57 bits per heavy atom. The van der Waals surface area contributed by atoms with E-state index in [9.17, 15) is 0 Å². The topological polar surface area (TPSA) is 0 Å². The molecule has 2 heteroatoms. The molecule has 0 bridgehead atoms. The van der Waals surface area contributed by atoms with Crippen LogP contribution in [0, 0.1) is 0 Å². The molecule has 4 rings (SSSR count). The van der Waals surface area contributed by atoms with Crippen molar-refractivity contribution in [3.63, 3.8) is 0 Å². The van der Waals surface area contributed by atoms with Crippen LogP contribution in [0.3, 0.4) is 0 Å². The Morgan fingerprint density at radius 1 is 0.657 bits per heavy atom. The predicted molar refractivity (Wildman–Crippen MR) is 163 cm³/mol. The lowest BCUT2D eigenvalue weighted by Crippen LogP contribution is -2.32.